The van der Waals surface area contributed by atoms with Gasteiger partial charge in [-0.2, -0.15) is 0 Å². The lowest BCUT2D eigenvalue weighted by molar-refractivity contribution is -0.134. The van der Waals surface area contributed by atoms with Gasteiger partial charge in [-0.15, -0.1) is 0 Å². The smallest absolute Gasteiger partial charge is 0.291 e. The Morgan fingerprint density at radius 1 is 1.31 bits per heavy atom. The molecule has 0 radical (unpaired) electrons. The maximum absolute atomic E-state index is 10.8. The summed E-state index contributed by atoms with van der Waals surface area (Å²) in [4.78, 5) is 10.8. The Bertz CT molecular complexity index is 153. The predicted molar refractivity (Wildman–Crippen MR) is 56.5 cm³/mol. The first kappa shape index (κ1) is 10.8. The van der Waals surface area contributed by atoms with Gasteiger partial charge in [0.25, 0.3) is 5.97 Å². The second kappa shape index (κ2) is 6.19. The van der Waals surface area contributed by atoms with Crippen LogP contribution in [0, 0.1) is 5.92 Å². The summed E-state index contributed by atoms with van der Waals surface area (Å²) < 4.78 is 4.72. The summed E-state index contributed by atoms with van der Waals surface area (Å²) in [7, 11) is 0.550. The summed E-state index contributed by atoms with van der Waals surface area (Å²) in [5.41, 5.74) is 0. The third kappa shape index (κ3) is 4.46. The van der Waals surface area contributed by atoms with Crippen LogP contribution in [-0.2, 0) is 9.22 Å². The number of hydrogen-bond donors (Lipinski definition) is 0. The van der Waals surface area contributed by atoms with Gasteiger partial charge in [-0.1, -0.05) is 38.5 Å². The molecule has 3 heteroatoms. The molecule has 0 atom stereocenters. The van der Waals surface area contributed by atoms with Crippen LogP contribution >= 0.6 is 0 Å². The predicted octanol–water partition coefficient (Wildman–Crippen LogP) is 1.56. The van der Waals surface area contributed by atoms with Crippen LogP contribution in [0.1, 0.15) is 51.4 Å². The van der Waals surface area contributed by atoms with Crippen LogP contribution in [-0.4, -0.2) is 16.5 Å². The number of hydrogen-bond acceptors (Lipinski definition) is 2. The number of unbranched alkanes of at least 4 members (excludes halogenated alkanes) is 1. The molecule has 1 rings (SSSR count). The van der Waals surface area contributed by atoms with E-state index in [-0.39, 0.29) is 5.97 Å². The lowest BCUT2D eigenvalue weighted by Gasteiger charge is -2.07. The summed E-state index contributed by atoms with van der Waals surface area (Å²) in [6.45, 7) is 0. The van der Waals surface area contributed by atoms with Crippen molar-refractivity contribution in [2.24, 2.45) is 5.92 Å². The monoisotopic (exact) mass is 200 g/mol. The van der Waals surface area contributed by atoms with E-state index < -0.39 is 0 Å². The van der Waals surface area contributed by atoms with E-state index in [0.29, 0.717) is 16.9 Å². The van der Waals surface area contributed by atoms with Crippen molar-refractivity contribution in [2.45, 2.75) is 51.4 Å². The van der Waals surface area contributed by atoms with Gasteiger partial charge in [0.05, 0.1) is 0 Å². The molecule has 0 bridgehead atoms. The van der Waals surface area contributed by atoms with E-state index in [1.54, 1.807) is 0 Å². The highest BCUT2D eigenvalue weighted by molar-refractivity contribution is 6.05. The molecule has 0 N–H and O–H groups in total. The Morgan fingerprint density at radius 2 is 2.00 bits per heavy atom. The summed E-state index contributed by atoms with van der Waals surface area (Å²) in [5, 5.41) is 0. The maximum atomic E-state index is 10.8. The molecular formula is C10H20O2Si. The first-order valence-corrected chi connectivity index (χ1v) is 6.21. The Hall–Kier alpha value is -0.313. The van der Waals surface area contributed by atoms with E-state index in [1.807, 2.05) is 0 Å². The first-order valence-electron chi connectivity index (χ1n) is 5.39. The van der Waals surface area contributed by atoms with Crippen LogP contribution in [0.3, 0.4) is 0 Å². The van der Waals surface area contributed by atoms with Crippen molar-refractivity contribution in [3.05, 3.63) is 0 Å². The minimum Gasteiger partial charge on any atom is -0.529 e. The Morgan fingerprint density at radius 3 is 2.62 bits per heavy atom. The van der Waals surface area contributed by atoms with Crippen molar-refractivity contribution in [1.82, 2.24) is 0 Å². The van der Waals surface area contributed by atoms with Crippen LogP contribution in [0.15, 0.2) is 0 Å². The van der Waals surface area contributed by atoms with E-state index in [4.69, 9.17) is 4.43 Å². The summed E-state index contributed by atoms with van der Waals surface area (Å²) in [5.74, 6) is 0.963. The molecule has 0 aromatic rings. The molecule has 1 fully saturated rings. The Kier molecular flexibility index (Phi) is 5.12. The Balaban J connectivity index is 1.91. The van der Waals surface area contributed by atoms with Crippen molar-refractivity contribution in [3.8, 4) is 0 Å². The molecular weight excluding hydrogens is 180 g/mol. The van der Waals surface area contributed by atoms with Crippen molar-refractivity contribution < 1.29 is 9.22 Å². The van der Waals surface area contributed by atoms with Gasteiger partial charge in [0.2, 0.25) is 10.5 Å². The lowest BCUT2D eigenvalue weighted by Crippen LogP contribution is -2.01. The van der Waals surface area contributed by atoms with Crippen molar-refractivity contribution in [2.75, 3.05) is 0 Å². The average molecular weight is 200 g/mol. The fraction of sp³-hybridized carbons (Fsp3) is 0.900. The third-order valence-electron chi connectivity index (χ3n) is 2.95. The minimum absolute atomic E-state index is 0.00177. The number of rotatable bonds is 5. The van der Waals surface area contributed by atoms with Crippen LogP contribution in [0.5, 0.6) is 0 Å². The largest absolute Gasteiger partial charge is 0.529 e. The molecule has 1 saturated carbocycles. The second-order valence-corrected chi connectivity index (χ2v) is 4.38. The van der Waals surface area contributed by atoms with Gasteiger partial charge in [-0.3, -0.25) is 4.79 Å². The molecule has 76 valence electrons. The Labute approximate surface area is 83.6 Å². The fourth-order valence-corrected chi connectivity index (χ4v) is 2.31. The summed E-state index contributed by atoms with van der Waals surface area (Å²) in [6, 6.07) is 0. The van der Waals surface area contributed by atoms with Crippen LogP contribution in [0.2, 0.25) is 0 Å². The zero-order valence-electron chi connectivity index (χ0n) is 8.55. The van der Waals surface area contributed by atoms with E-state index in [2.05, 4.69) is 0 Å². The normalized spacial score (nSPS) is 17.8. The van der Waals surface area contributed by atoms with Gasteiger partial charge in [-0.05, 0) is 12.3 Å². The number of carbonyl (C=O) groups excluding carboxylic acids is 1. The molecule has 1 aliphatic rings. The van der Waals surface area contributed by atoms with Gasteiger partial charge < -0.3 is 4.43 Å². The molecule has 0 amide bonds. The molecule has 0 aromatic carbocycles. The highest BCUT2D eigenvalue weighted by Gasteiger charge is 2.14. The van der Waals surface area contributed by atoms with Gasteiger partial charge in [-0.25, -0.2) is 0 Å². The van der Waals surface area contributed by atoms with Gasteiger partial charge in [0, 0.05) is 6.42 Å². The second-order valence-electron chi connectivity index (χ2n) is 3.97. The standard InChI is InChI=1S/C10H20O2Si/c11-10(12-13)8-4-3-7-9-5-1-2-6-9/h9H,1-8H2,13H3. The highest BCUT2D eigenvalue weighted by Crippen LogP contribution is 2.29. The van der Waals surface area contributed by atoms with Gasteiger partial charge >= 0.3 is 0 Å². The molecule has 0 aromatic heterocycles. The molecule has 0 aliphatic heterocycles. The van der Waals surface area contributed by atoms with Crippen LogP contribution in [0.4, 0.5) is 0 Å². The third-order valence-corrected chi connectivity index (χ3v) is 3.40. The number of carbonyl (C=O) groups is 1. The van der Waals surface area contributed by atoms with E-state index in [1.165, 1.54) is 38.5 Å². The molecule has 0 spiro atoms. The van der Waals surface area contributed by atoms with Crippen molar-refractivity contribution >= 4 is 16.5 Å². The quantitative estimate of drug-likeness (QED) is 0.497. The molecule has 1 aliphatic carbocycles. The maximum Gasteiger partial charge on any atom is 0.291 e. The van der Waals surface area contributed by atoms with E-state index >= 15 is 0 Å². The van der Waals surface area contributed by atoms with Crippen LogP contribution < -0.4 is 0 Å². The zero-order chi connectivity index (χ0) is 9.52. The molecule has 0 saturated heterocycles. The molecule has 0 unspecified atom stereocenters. The SMILES string of the molecule is O=C(CCCCC1CCCC1)O[SiH3]. The van der Waals surface area contributed by atoms with Crippen molar-refractivity contribution in [1.29, 1.82) is 0 Å². The van der Waals surface area contributed by atoms with Crippen molar-refractivity contribution in [3.63, 3.8) is 0 Å². The minimum atomic E-state index is -0.00177. The topological polar surface area (TPSA) is 26.3 Å². The summed E-state index contributed by atoms with van der Waals surface area (Å²) in [6.07, 6.45) is 9.89. The van der Waals surface area contributed by atoms with Gasteiger partial charge in [0.1, 0.15) is 0 Å². The van der Waals surface area contributed by atoms with E-state index in [9.17, 15) is 4.79 Å². The molecule has 13 heavy (non-hydrogen) atoms. The van der Waals surface area contributed by atoms with Gasteiger partial charge in [0.15, 0.2) is 0 Å². The van der Waals surface area contributed by atoms with Crippen LogP contribution in [0.25, 0.3) is 0 Å². The first-order chi connectivity index (χ1) is 6.33. The lowest BCUT2D eigenvalue weighted by atomic mass is 10.00. The zero-order valence-corrected chi connectivity index (χ0v) is 10.6. The summed E-state index contributed by atoms with van der Waals surface area (Å²) >= 11 is 0. The average Bonchev–Trinajstić information content (AvgIpc) is 2.64. The van der Waals surface area contributed by atoms with E-state index in [0.717, 1.165) is 12.3 Å². The molecule has 2 nitrogen and oxygen atoms in total. The highest BCUT2D eigenvalue weighted by atomic mass is 28.2. The fourth-order valence-electron chi connectivity index (χ4n) is 2.10. The molecule has 0 heterocycles.